The minimum absolute atomic E-state index is 0.0814. The van der Waals surface area contributed by atoms with Crippen LogP contribution in [-0.2, 0) is 6.42 Å². The molecule has 1 N–H and O–H groups in total. The summed E-state index contributed by atoms with van der Waals surface area (Å²) >= 11 is 6.05. The van der Waals surface area contributed by atoms with E-state index in [1.54, 1.807) is 6.20 Å². The van der Waals surface area contributed by atoms with E-state index in [-0.39, 0.29) is 11.4 Å². The molecule has 3 aromatic rings. The first-order valence-corrected chi connectivity index (χ1v) is 9.97. The van der Waals surface area contributed by atoms with Crippen molar-refractivity contribution in [3.8, 4) is 16.8 Å². The molecule has 0 spiro atoms. The minimum Gasteiger partial charge on any atom is -0.347 e. The number of imidazole rings is 1. The molecular formula is C23H26ClN3O. The van der Waals surface area contributed by atoms with Gasteiger partial charge >= 0.3 is 0 Å². The fraction of sp³-hybridized carbons (Fsp3) is 0.304. The number of aryl methyl sites for hydroxylation is 1. The summed E-state index contributed by atoms with van der Waals surface area (Å²) in [6.07, 6.45) is 5.37. The van der Waals surface area contributed by atoms with Crippen LogP contribution in [0.1, 0.15) is 50.3 Å². The van der Waals surface area contributed by atoms with Crippen LogP contribution in [0.5, 0.6) is 0 Å². The second kappa shape index (κ2) is 8.19. The van der Waals surface area contributed by atoms with E-state index in [9.17, 15) is 4.79 Å². The van der Waals surface area contributed by atoms with Crippen molar-refractivity contribution in [3.05, 3.63) is 71.3 Å². The number of benzene rings is 2. The van der Waals surface area contributed by atoms with Crippen LogP contribution in [0.3, 0.4) is 0 Å². The van der Waals surface area contributed by atoms with Gasteiger partial charge in [-0.2, -0.15) is 0 Å². The number of hydrogen-bond acceptors (Lipinski definition) is 2. The Bertz CT molecular complexity index is 974. The second-order valence-corrected chi connectivity index (χ2v) is 7.97. The smallest absolute Gasteiger partial charge is 0.251 e. The van der Waals surface area contributed by atoms with E-state index in [0.717, 1.165) is 35.5 Å². The SMILES string of the molecule is CCc1nccn1-c1cc(C(=O)NC(C)(C)CC)cc(-c2ccc(Cl)cc2)c1. The Kier molecular flexibility index (Phi) is 5.90. The lowest BCUT2D eigenvalue weighted by molar-refractivity contribution is 0.0911. The fourth-order valence-corrected chi connectivity index (χ4v) is 3.12. The molecule has 5 heteroatoms. The van der Waals surface area contributed by atoms with Crippen molar-refractivity contribution in [2.45, 2.75) is 46.1 Å². The molecule has 1 aromatic heterocycles. The van der Waals surface area contributed by atoms with Gasteiger partial charge in [0.1, 0.15) is 5.82 Å². The maximum Gasteiger partial charge on any atom is 0.251 e. The van der Waals surface area contributed by atoms with Crippen LogP contribution >= 0.6 is 11.6 Å². The topological polar surface area (TPSA) is 46.9 Å². The maximum atomic E-state index is 13.0. The first kappa shape index (κ1) is 20.2. The van der Waals surface area contributed by atoms with Gasteiger partial charge < -0.3 is 9.88 Å². The maximum absolute atomic E-state index is 13.0. The van der Waals surface area contributed by atoms with E-state index >= 15 is 0 Å². The quantitative estimate of drug-likeness (QED) is 0.584. The van der Waals surface area contributed by atoms with E-state index in [0.29, 0.717) is 10.6 Å². The minimum atomic E-state index is -0.267. The number of aromatic nitrogens is 2. The van der Waals surface area contributed by atoms with Crippen molar-refractivity contribution in [2.75, 3.05) is 0 Å². The van der Waals surface area contributed by atoms with Crippen LogP contribution in [0.15, 0.2) is 54.9 Å². The summed E-state index contributed by atoms with van der Waals surface area (Å²) < 4.78 is 2.03. The highest BCUT2D eigenvalue weighted by molar-refractivity contribution is 6.30. The van der Waals surface area contributed by atoms with Gasteiger partial charge in [-0.1, -0.05) is 37.6 Å². The Labute approximate surface area is 171 Å². The van der Waals surface area contributed by atoms with Gasteiger partial charge in [-0.15, -0.1) is 0 Å². The lowest BCUT2D eigenvalue weighted by Crippen LogP contribution is -2.42. The lowest BCUT2D eigenvalue weighted by atomic mass is 9.99. The van der Waals surface area contributed by atoms with Crippen LogP contribution in [0.2, 0.25) is 5.02 Å². The normalized spacial score (nSPS) is 11.5. The fourth-order valence-electron chi connectivity index (χ4n) is 2.99. The summed E-state index contributed by atoms with van der Waals surface area (Å²) in [6.45, 7) is 8.19. The van der Waals surface area contributed by atoms with Crippen molar-refractivity contribution < 1.29 is 4.79 Å². The molecule has 1 amide bonds. The van der Waals surface area contributed by atoms with Gasteiger partial charge in [0.2, 0.25) is 0 Å². The highest BCUT2D eigenvalue weighted by atomic mass is 35.5. The van der Waals surface area contributed by atoms with Crippen molar-refractivity contribution in [1.82, 2.24) is 14.9 Å². The molecule has 0 radical (unpaired) electrons. The predicted molar refractivity (Wildman–Crippen MR) is 115 cm³/mol. The number of amides is 1. The third kappa shape index (κ3) is 4.45. The molecule has 1 heterocycles. The number of halogens is 1. The molecule has 3 rings (SSSR count). The third-order valence-electron chi connectivity index (χ3n) is 5.01. The summed E-state index contributed by atoms with van der Waals surface area (Å²) in [5, 5.41) is 3.81. The molecule has 0 aliphatic rings. The van der Waals surface area contributed by atoms with Gasteiger partial charge in [0.25, 0.3) is 5.91 Å². The molecule has 28 heavy (non-hydrogen) atoms. The first-order chi connectivity index (χ1) is 13.3. The van der Waals surface area contributed by atoms with Gasteiger partial charge in [-0.3, -0.25) is 4.79 Å². The van der Waals surface area contributed by atoms with E-state index in [4.69, 9.17) is 11.6 Å². The number of nitrogens with one attached hydrogen (secondary N) is 1. The van der Waals surface area contributed by atoms with Crippen LogP contribution in [0.25, 0.3) is 16.8 Å². The molecular weight excluding hydrogens is 370 g/mol. The molecule has 0 aliphatic heterocycles. The van der Waals surface area contributed by atoms with Crippen LogP contribution in [0.4, 0.5) is 0 Å². The monoisotopic (exact) mass is 395 g/mol. The van der Waals surface area contributed by atoms with Gasteiger partial charge in [0.15, 0.2) is 0 Å². The molecule has 0 aliphatic carbocycles. The summed E-state index contributed by atoms with van der Waals surface area (Å²) in [7, 11) is 0. The van der Waals surface area contributed by atoms with Gasteiger partial charge in [0.05, 0.1) is 0 Å². The summed E-state index contributed by atoms with van der Waals surface area (Å²) in [4.78, 5) is 17.4. The number of hydrogen-bond donors (Lipinski definition) is 1. The van der Waals surface area contributed by atoms with Crippen LogP contribution in [-0.4, -0.2) is 21.0 Å². The average Bonchev–Trinajstić information content (AvgIpc) is 3.17. The molecule has 0 bridgehead atoms. The zero-order valence-corrected chi connectivity index (χ0v) is 17.5. The molecule has 0 atom stereocenters. The molecule has 0 saturated carbocycles. The predicted octanol–water partition coefficient (Wildman–Crippen LogP) is 5.67. The highest BCUT2D eigenvalue weighted by Gasteiger charge is 2.20. The highest BCUT2D eigenvalue weighted by Crippen LogP contribution is 2.27. The Morgan fingerprint density at radius 1 is 1.11 bits per heavy atom. The molecule has 0 fully saturated rings. The van der Waals surface area contributed by atoms with E-state index in [1.165, 1.54) is 0 Å². The standard InChI is InChI=1S/C23H26ClN3O/c1-5-21-25-11-12-27(21)20-14-17(16-7-9-19(24)10-8-16)13-18(15-20)22(28)26-23(3,4)6-2/h7-15H,5-6H2,1-4H3,(H,26,28). The first-order valence-electron chi connectivity index (χ1n) is 9.59. The average molecular weight is 396 g/mol. The van der Waals surface area contributed by atoms with E-state index in [1.807, 2.05) is 61.0 Å². The third-order valence-corrected chi connectivity index (χ3v) is 5.26. The number of rotatable bonds is 6. The number of nitrogens with zero attached hydrogens (tertiary/aromatic N) is 2. The number of carbonyl (C=O) groups is 1. The Balaban J connectivity index is 2.11. The van der Waals surface area contributed by atoms with Crippen LogP contribution in [0, 0.1) is 0 Å². The largest absolute Gasteiger partial charge is 0.347 e. The van der Waals surface area contributed by atoms with Gasteiger partial charge in [0, 0.05) is 40.6 Å². The Morgan fingerprint density at radius 2 is 1.82 bits per heavy atom. The zero-order chi connectivity index (χ0) is 20.3. The molecule has 4 nitrogen and oxygen atoms in total. The molecule has 2 aromatic carbocycles. The van der Waals surface area contributed by atoms with Gasteiger partial charge in [-0.05, 0) is 61.7 Å². The van der Waals surface area contributed by atoms with Crippen molar-refractivity contribution in [2.24, 2.45) is 0 Å². The Morgan fingerprint density at radius 3 is 2.46 bits per heavy atom. The summed E-state index contributed by atoms with van der Waals surface area (Å²) in [6, 6.07) is 13.6. The van der Waals surface area contributed by atoms with E-state index in [2.05, 4.69) is 30.2 Å². The van der Waals surface area contributed by atoms with Gasteiger partial charge in [-0.25, -0.2) is 4.98 Å². The molecule has 146 valence electrons. The van der Waals surface area contributed by atoms with Crippen LogP contribution < -0.4 is 5.32 Å². The summed E-state index contributed by atoms with van der Waals surface area (Å²) in [5.41, 5.74) is 3.25. The summed E-state index contributed by atoms with van der Waals surface area (Å²) in [5.74, 6) is 0.871. The zero-order valence-electron chi connectivity index (χ0n) is 16.8. The Hall–Kier alpha value is -2.59. The number of carbonyl (C=O) groups excluding carboxylic acids is 1. The lowest BCUT2D eigenvalue weighted by Gasteiger charge is -2.25. The molecule has 0 unspecified atom stereocenters. The molecule has 0 saturated heterocycles. The van der Waals surface area contributed by atoms with Crippen molar-refractivity contribution in [1.29, 1.82) is 0 Å². The van der Waals surface area contributed by atoms with Crippen molar-refractivity contribution >= 4 is 17.5 Å². The van der Waals surface area contributed by atoms with E-state index < -0.39 is 0 Å². The second-order valence-electron chi connectivity index (χ2n) is 7.53. The van der Waals surface area contributed by atoms with Crippen molar-refractivity contribution in [3.63, 3.8) is 0 Å².